The van der Waals surface area contributed by atoms with Crippen LogP contribution < -0.4 is 10.1 Å². The van der Waals surface area contributed by atoms with Gasteiger partial charge in [0.2, 0.25) is 5.91 Å². The fraction of sp³-hybridized carbons (Fsp3) is 0.156. The SMILES string of the molecule is CCOc1cc2occ(-c3cccc4ccccc34)c2cc1/C(C)=C/C(=O)NC(C)c1ccccc1. The third kappa shape index (κ3) is 4.63. The molecule has 0 aliphatic rings. The molecule has 4 aromatic carbocycles. The number of nitrogens with one attached hydrogen (secondary N) is 1. The van der Waals surface area contributed by atoms with Crippen LogP contribution in [0.1, 0.15) is 37.9 Å². The van der Waals surface area contributed by atoms with Crippen molar-refractivity contribution in [3.8, 4) is 16.9 Å². The van der Waals surface area contributed by atoms with Gasteiger partial charge in [0.25, 0.3) is 0 Å². The van der Waals surface area contributed by atoms with Crippen LogP contribution in [0.25, 0.3) is 38.4 Å². The Labute approximate surface area is 211 Å². The molecule has 1 aromatic heterocycles. The third-order valence-electron chi connectivity index (χ3n) is 6.49. The van der Waals surface area contributed by atoms with Crippen LogP contribution in [0.3, 0.4) is 0 Å². The summed E-state index contributed by atoms with van der Waals surface area (Å²) in [5, 5.41) is 6.39. The molecule has 0 aliphatic carbocycles. The molecule has 5 aromatic rings. The van der Waals surface area contributed by atoms with E-state index in [9.17, 15) is 4.79 Å². The van der Waals surface area contributed by atoms with Gasteiger partial charge in [-0.3, -0.25) is 4.79 Å². The van der Waals surface area contributed by atoms with Crippen LogP contribution in [-0.2, 0) is 4.79 Å². The van der Waals surface area contributed by atoms with Gasteiger partial charge in [-0.2, -0.15) is 0 Å². The molecule has 0 aliphatic heterocycles. The Balaban J connectivity index is 1.54. The van der Waals surface area contributed by atoms with Gasteiger partial charge in [-0.05, 0) is 54.3 Å². The lowest BCUT2D eigenvalue weighted by Gasteiger charge is -2.14. The van der Waals surface area contributed by atoms with Gasteiger partial charge >= 0.3 is 0 Å². The number of amides is 1. The molecule has 1 atom stereocenters. The molecule has 0 spiro atoms. The monoisotopic (exact) mass is 475 g/mol. The summed E-state index contributed by atoms with van der Waals surface area (Å²) in [6.07, 6.45) is 3.44. The molecule has 1 amide bonds. The van der Waals surface area contributed by atoms with Gasteiger partial charge in [-0.25, -0.2) is 0 Å². The molecule has 0 bridgehead atoms. The van der Waals surface area contributed by atoms with Gasteiger partial charge in [-0.15, -0.1) is 0 Å². The van der Waals surface area contributed by atoms with Crippen molar-refractivity contribution < 1.29 is 13.9 Å². The highest BCUT2D eigenvalue weighted by molar-refractivity contribution is 6.06. The van der Waals surface area contributed by atoms with Crippen LogP contribution in [0.15, 0.2) is 102 Å². The molecule has 1 N–H and O–H groups in total. The fourth-order valence-electron chi connectivity index (χ4n) is 4.66. The number of benzene rings is 4. The van der Waals surface area contributed by atoms with Gasteiger partial charge in [0.1, 0.15) is 11.3 Å². The highest BCUT2D eigenvalue weighted by Gasteiger charge is 2.17. The van der Waals surface area contributed by atoms with E-state index in [0.29, 0.717) is 12.4 Å². The predicted molar refractivity (Wildman–Crippen MR) is 147 cm³/mol. The Kier molecular flexibility index (Phi) is 6.59. The normalized spacial score (nSPS) is 12.6. The summed E-state index contributed by atoms with van der Waals surface area (Å²) in [5.41, 5.74) is 5.63. The molecule has 0 saturated carbocycles. The predicted octanol–water partition coefficient (Wildman–Crippen LogP) is 7.93. The first kappa shape index (κ1) is 23.4. The second-order valence-electron chi connectivity index (χ2n) is 8.92. The van der Waals surface area contributed by atoms with Crippen molar-refractivity contribution in [1.29, 1.82) is 0 Å². The maximum atomic E-state index is 12.9. The van der Waals surface area contributed by atoms with Gasteiger partial charge < -0.3 is 14.5 Å². The minimum atomic E-state index is -0.145. The van der Waals surface area contributed by atoms with Crippen molar-refractivity contribution >= 4 is 33.2 Å². The second kappa shape index (κ2) is 10.1. The smallest absolute Gasteiger partial charge is 0.244 e. The summed E-state index contributed by atoms with van der Waals surface area (Å²) in [6.45, 7) is 6.38. The Morgan fingerprint density at radius 1 is 0.944 bits per heavy atom. The average molecular weight is 476 g/mol. The Morgan fingerprint density at radius 3 is 2.50 bits per heavy atom. The van der Waals surface area contributed by atoms with Crippen molar-refractivity contribution in [1.82, 2.24) is 5.32 Å². The Morgan fingerprint density at radius 2 is 1.69 bits per heavy atom. The third-order valence-corrected chi connectivity index (χ3v) is 6.49. The average Bonchev–Trinajstić information content (AvgIpc) is 3.31. The minimum Gasteiger partial charge on any atom is -0.493 e. The summed E-state index contributed by atoms with van der Waals surface area (Å²) < 4.78 is 11.9. The van der Waals surface area contributed by atoms with E-state index in [2.05, 4.69) is 47.8 Å². The number of hydrogen-bond donors (Lipinski definition) is 1. The largest absolute Gasteiger partial charge is 0.493 e. The van der Waals surface area contributed by atoms with E-state index in [-0.39, 0.29) is 11.9 Å². The fourth-order valence-corrected chi connectivity index (χ4v) is 4.66. The number of carbonyl (C=O) groups is 1. The molecule has 4 heteroatoms. The van der Waals surface area contributed by atoms with Crippen LogP contribution in [0.5, 0.6) is 5.75 Å². The molecular formula is C32H29NO3. The Hall–Kier alpha value is -4.31. The lowest BCUT2D eigenvalue weighted by molar-refractivity contribution is -0.117. The number of fused-ring (bicyclic) bond motifs is 2. The van der Waals surface area contributed by atoms with Crippen molar-refractivity contribution in [3.05, 3.63) is 108 Å². The summed E-state index contributed by atoms with van der Waals surface area (Å²) in [7, 11) is 0. The van der Waals surface area contributed by atoms with Crippen molar-refractivity contribution in [2.75, 3.05) is 6.61 Å². The first-order valence-electron chi connectivity index (χ1n) is 12.3. The van der Waals surface area contributed by atoms with Crippen LogP contribution in [0, 0.1) is 0 Å². The van der Waals surface area contributed by atoms with E-state index in [1.54, 1.807) is 12.3 Å². The molecule has 5 rings (SSSR count). The molecule has 180 valence electrons. The lowest BCUT2D eigenvalue weighted by atomic mass is 9.96. The number of ether oxygens (including phenoxy) is 1. The molecular weight excluding hydrogens is 446 g/mol. The van der Waals surface area contributed by atoms with Crippen molar-refractivity contribution in [2.45, 2.75) is 26.8 Å². The van der Waals surface area contributed by atoms with Gasteiger partial charge in [0.15, 0.2) is 0 Å². The number of hydrogen-bond acceptors (Lipinski definition) is 3. The molecule has 0 fully saturated rings. The summed E-state index contributed by atoms with van der Waals surface area (Å²) in [6, 6.07) is 28.5. The number of rotatable bonds is 7. The first-order chi connectivity index (χ1) is 17.5. The van der Waals surface area contributed by atoms with E-state index in [1.165, 1.54) is 10.8 Å². The standard InChI is InChI=1S/C32H29NO3/c1-4-35-30-19-31-28(29(20-36-31)26-16-10-14-24-13-8-9-15-25(24)26)18-27(30)21(2)17-32(34)33-22(3)23-11-6-5-7-12-23/h5-20,22H,4H2,1-3H3,(H,33,34)/b21-17+. The van der Waals surface area contributed by atoms with Crippen LogP contribution in [-0.4, -0.2) is 12.5 Å². The number of furan rings is 1. The van der Waals surface area contributed by atoms with E-state index >= 15 is 0 Å². The topological polar surface area (TPSA) is 51.5 Å². The van der Waals surface area contributed by atoms with Crippen LogP contribution >= 0.6 is 0 Å². The molecule has 1 unspecified atom stereocenters. The highest BCUT2D eigenvalue weighted by atomic mass is 16.5. The maximum Gasteiger partial charge on any atom is 0.244 e. The van der Waals surface area contributed by atoms with E-state index < -0.39 is 0 Å². The van der Waals surface area contributed by atoms with Crippen molar-refractivity contribution in [2.24, 2.45) is 0 Å². The van der Waals surface area contributed by atoms with Gasteiger partial charge in [0.05, 0.1) is 18.9 Å². The maximum absolute atomic E-state index is 12.9. The molecule has 0 radical (unpaired) electrons. The second-order valence-corrected chi connectivity index (χ2v) is 8.92. The van der Waals surface area contributed by atoms with E-state index in [0.717, 1.165) is 38.8 Å². The summed E-state index contributed by atoms with van der Waals surface area (Å²) >= 11 is 0. The minimum absolute atomic E-state index is 0.0940. The molecule has 1 heterocycles. The first-order valence-corrected chi connectivity index (χ1v) is 12.3. The quantitative estimate of drug-likeness (QED) is 0.243. The zero-order chi connectivity index (χ0) is 25.1. The lowest BCUT2D eigenvalue weighted by Crippen LogP contribution is -2.24. The highest BCUT2D eigenvalue weighted by Crippen LogP contribution is 2.39. The Bertz CT molecular complexity index is 1560. The molecule has 0 saturated heterocycles. The van der Waals surface area contributed by atoms with E-state index in [1.807, 2.05) is 63.2 Å². The number of allylic oxidation sites excluding steroid dienone is 1. The zero-order valence-electron chi connectivity index (χ0n) is 20.7. The summed E-state index contributed by atoms with van der Waals surface area (Å²) in [5.74, 6) is 0.550. The summed E-state index contributed by atoms with van der Waals surface area (Å²) in [4.78, 5) is 12.9. The molecule has 4 nitrogen and oxygen atoms in total. The van der Waals surface area contributed by atoms with E-state index in [4.69, 9.17) is 9.15 Å². The van der Waals surface area contributed by atoms with Crippen LogP contribution in [0.2, 0.25) is 0 Å². The number of carbonyl (C=O) groups excluding carboxylic acids is 1. The van der Waals surface area contributed by atoms with Crippen molar-refractivity contribution in [3.63, 3.8) is 0 Å². The zero-order valence-corrected chi connectivity index (χ0v) is 20.7. The van der Waals surface area contributed by atoms with Crippen LogP contribution in [0.4, 0.5) is 0 Å². The van der Waals surface area contributed by atoms with Gasteiger partial charge in [-0.1, -0.05) is 72.8 Å². The molecule has 36 heavy (non-hydrogen) atoms. The van der Waals surface area contributed by atoms with Gasteiger partial charge in [0, 0.05) is 28.7 Å².